The molecule has 1 aliphatic rings. The summed E-state index contributed by atoms with van der Waals surface area (Å²) in [6.07, 6.45) is 0. The van der Waals surface area contributed by atoms with E-state index in [9.17, 15) is 9.50 Å². The number of halogens is 1. The van der Waals surface area contributed by atoms with Crippen molar-refractivity contribution in [3.63, 3.8) is 0 Å². The van der Waals surface area contributed by atoms with Crippen LogP contribution >= 0.6 is 0 Å². The van der Waals surface area contributed by atoms with Crippen LogP contribution in [0.5, 0.6) is 0 Å². The standard InChI is InChI=1S/C13H19FN2O/c1-13(2,17)10-3-4-11(14)12(9-10)16-7-5-15-6-8-16/h3-4,9,15,17H,5-8H2,1-2H3. The van der Waals surface area contributed by atoms with Crippen LogP contribution in [0.2, 0.25) is 0 Å². The van der Waals surface area contributed by atoms with Crippen molar-refractivity contribution >= 4 is 5.69 Å². The summed E-state index contributed by atoms with van der Waals surface area (Å²) in [5.41, 5.74) is 0.398. The van der Waals surface area contributed by atoms with Gasteiger partial charge in [-0.1, -0.05) is 6.07 Å². The molecule has 0 saturated carbocycles. The number of hydrogen-bond donors (Lipinski definition) is 2. The number of anilines is 1. The molecule has 1 fully saturated rings. The largest absolute Gasteiger partial charge is 0.386 e. The summed E-state index contributed by atoms with van der Waals surface area (Å²) >= 11 is 0. The lowest BCUT2D eigenvalue weighted by atomic mass is 9.97. The molecule has 17 heavy (non-hydrogen) atoms. The fourth-order valence-electron chi connectivity index (χ4n) is 2.04. The second kappa shape index (κ2) is 4.63. The Morgan fingerprint density at radius 3 is 2.53 bits per heavy atom. The molecular formula is C13H19FN2O. The molecule has 0 radical (unpaired) electrons. The molecule has 4 heteroatoms. The topological polar surface area (TPSA) is 35.5 Å². The molecule has 1 aromatic carbocycles. The van der Waals surface area contributed by atoms with Gasteiger partial charge in [0.15, 0.2) is 0 Å². The van der Waals surface area contributed by atoms with Gasteiger partial charge in [0.1, 0.15) is 5.82 Å². The van der Waals surface area contributed by atoms with Crippen molar-refractivity contribution in [2.45, 2.75) is 19.4 Å². The van der Waals surface area contributed by atoms with Gasteiger partial charge in [-0.2, -0.15) is 0 Å². The first-order valence-corrected chi connectivity index (χ1v) is 5.96. The van der Waals surface area contributed by atoms with E-state index in [2.05, 4.69) is 5.32 Å². The van der Waals surface area contributed by atoms with E-state index < -0.39 is 5.60 Å². The van der Waals surface area contributed by atoms with E-state index in [0.717, 1.165) is 31.7 Å². The Labute approximate surface area is 101 Å². The zero-order valence-electron chi connectivity index (χ0n) is 10.3. The van der Waals surface area contributed by atoms with Crippen molar-refractivity contribution in [3.8, 4) is 0 Å². The summed E-state index contributed by atoms with van der Waals surface area (Å²) < 4.78 is 13.8. The highest BCUT2D eigenvalue weighted by molar-refractivity contribution is 5.51. The zero-order chi connectivity index (χ0) is 12.5. The molecule has 1 saturated heterocycles. The van der Waals surface area contributed by atoms with Crippen molar-refractivity contribution in [2.75, 3.05) is 31.1 Å². The summed E-state index contributed by atoms with van der Waals surface area (Å²) in [6.45, 7) is 6.75. The molecule has 2 rings (SSSR count). The minimum atomic E-state index is -0.934. The Bertz CT molecular complexity index is 395. The molecule has 2 N–H and O–H groups in total. The minimum absolute atomic E-state index is 0.222. The van der Waals surface area contributed by atoms with E-state index in [4.69, 9.17) is 0 Å². The van der Waals surface area contributed by atoms with Gasteiger partial charge in [-0.15, -0.1) is 0 Å². The normalized spacial score (nSPS) is 17.3. The number of benzene rings is 1. The van der Waals surface area contributed by atoms with Gasteiger partial charge in [-0.3, -0.25) is 0 Å². The van der Waals surface area contributed by atoms with Crippen molar-refractivity contribution in [1.29, 1.82) is 0 Å². The Morgan fingerprint density at radius 2 is 1.94 bits per heavy atom. The molecule has 0 unspecified atom stereocenters. The van der Waals surface area contributed by atoms with Crippen LogP contribution in [-0.4, -0.2) is 31.3 Å². The predicted molar refractivity (Wildman–Crippen MR) is 66.7 cm³/mol. The van der Waals surface area contributed by atoms with E-state index in [-0.39, 0.29) is 5.82 Å². The Morgan fingerprint density at radius 1 is 1.29 bits per heavy atom. The minimum Gasteiger partial charge on any atom is -0.386 e. The quantitative estimate of drug-likeness (QED) is 0.819. The van der Waals surface area contributed by atoms with Crippen LogP contribution in [-0.2, 0) is 5.60 Å². The average molecular weight is 238 g/mol. The van der Waals surface area contributed by atoms with Gasteiger partial charge in [0.05, 0.1) is 11.3 Å². The number of aliphatic hydroxyl groups is 1. The van der Waals surface area contributed by atoms with E-state index >= 15 is 0 Å². The molecule has 1 aliphatic heterocycles. The van der Waals surface area contributed by atoms with Crippen molar-refractivity contribution < 1.29 is 9.50 Å². The molecule has 0 bridgehead atoms. The third-order valence-electron chi connectivity index (χ3n) is 3.11. The van der Waals surface area contributed by atoms with Crippen molar-refractivity contribution in [1.82, 2.24) is 5.32 Å². The molecule has 0 amide bonds. The van der Waals surface area contributed by atoms with Gasteiger partial charge >= 0.3 is 0 Å². The lowest BCUT2D eigenvalue weighted by Gasteiger charge is -2.31. The molecular weight excluding hydrogens is 219 g/mol. The fourth-order valence-corrected chi connectivity index (χ4v) is 2.04. The Balaban J connectivity index is 2.31. The molecule has 1 aromatic rings. The Kier molecular flexibility index (Phi) is 3.35. The zero-order valence-corrected chi connectivity index (χ0v) is 10.3. The Hall–Kier alpha value is -1.13. The smallest absolute Gasteiger partial charge is 0.146 e. The predicted octanol–water partition coefficient (Wildman–Crippen LogP) is 1.46. The highest BCUT2D eigenvalue weighted by atomic mass is 19.1. The first-order valence-electron chi connectivity index (χ1n) is 5.96. The van der Waals surface area contributed by atoms with Crippen LogP contribution in [0.4, 0.5) is 10.1 Å². The third-order valence-corrected chi connectivity index (χ3v) is 3.11. The van der Waals surface area contributed by atoms with E-state index in [1.54, 1.807) is 26.0 Å². The highest BCUT2D eigenvalue weighted by Gasteiger charge is 2.20. The molecule has 0 aromatic heterocycles. The van der Waals surface area contributed by atoms with Crippen LogP contribution in [0.25, 0.3) is 0 Å². The van der Waals surface area contributed by atoms with Gasteiger partial charge in [-0.25, -0.2) is 4.39 Å². The van der Waals surface area contributed by atoms with E-state index in [0.29, 0.717) is 5.69 Å². The summed E-state index contributed by atoms with van der Waals surface area (Å²) in [7, 11) is 0. The summed E-state index contributed by atoms with van der Waals surface area (Å²) in [4.78, 5) is 2.01. The number of hydrogen-bond acceptors (Lipinski definition) is 3. The number of nitrogens with zero attached hydrogens (tertiary/aromatic N) is 1. The number of piperazine rings is 1. The van der Waals surface area contributed by atoms with Crippen LogP contribution in [0.3, 0.4) is 0 Å². The van der Waals surface area contributed by atoms with Crippen molar-refractivity contribution in [3.05, 3.63) is 29.6 Å². The fraction of sp³-hybridized carbons (Fsp3) is 0.538. The monoisotopic (exact) mass is 238 g/mol. The van der Waals surface area contributed by atoms with Crippen LogP contribution in [0.1, 0.15) is 19.4 Å². The SMILES string of the molecule is CC(C)(O)c1ccc(F)c(N2CCNCC2)c1. The maximum absolute atomic E-state index is 13.8. The second-order valence-electron chi connectivity index (χ2n) is 4.96. The number of rotatable bonds is 2. The molecule has 0 spiro atoms. The van der Waals surface area contributed by atoms with E-state index in [1.165, 1.54) is 6.07 Å². The molecule has 94 valence electrons. The third kappa shape index (κ3) is 2.76. The average Bonchev–Trinajstić information content (AvgIpc) is 2.29. The summed E-state index contributed by atoms with van der Waals surface area (Å²) in [6, 6.07) is 4.83. The van der Waals surface area contributed by atoms with Gasteiger partial charge in [0, 0.05) is 26.2 Å². The molecule has 1 heterocycles. The number of nitrogens with one attached hydrogen (secondary N) is 1. The van der Waals surface area contributed by atoms with Crippen LogP contribution < -0.4 is 10.2 Å². The van der Waals surface area contributed by atoms with Crippen LogP contribution in [0.15, 0.2) is 18.2 Å². The lowest BCUT2D eigenvalue weighted by Crippen LogP contribution is -2.44. The first-order chi connectivity index (χ1) is 7.98. The summed E-state index contributed by atoms with van der Waals surface area (Å²) in [5.74, 6) is -0.222. The second-order valence-corrected chi connectivity index (χ2v) is 4.96. The van der Waals surface area contributed by atoms with Gasteiger partial charge < -0.3 is 15.3 Å². The maximum atomic E-state index is 13.8. The van der Waals surface area contributed by atoms with Gasteiger partial charge in [0.25, 0.3) is 0 Å². The lowest BCUT2D eigenvalue weighted by molar-refractivity contribution is 0.0785. The van der Waals surface area contributed by atoms with Crippen LogP contribution in [0, 0.1) is 5.82 Å². The maximum Gasteiger partial charge on any atom is 0.146 e. The molecule has 3 nitrogen and oxygen atoms in total. The summed E-state index contributed by atoms with van der Waals surface area (Å²) in [5, 5.41) is 13.2. The molecule has 0 atom stereocenters. The van der Waals surface area contributed by atoms with E-state index in [1.807, 2.05) is 4.90 Å². The van der Waals surface area contributed by atoms with Gasteiger partial charge in [0.2, 0.25) is 0 Å². The first kappa shape index (κ1) is 12.3. The van der Waals surface area contributed by atoms with Gasteiger partial charge in [-0.05, 0) is 31.5 Å². The highest BCUT2D eigenvalue weighted by Crippen LogP contribution is 2.27. The molecule has 0 aliphatic carbocycles. The van der Waals surface area contributed by atoms with Crippen molar-refractivity contribution in [2.24, 2.45) is 0 Å².